The molecule has 2 unspecified atom stereocenters. The summed E-state index contributed by atoms with van der Waals surface area (Å²) < 4.78 is 0. The second-order valence-electron chi connectivity index (χ2n) is 6.58. The van der Waals surface area contributed by atoms with E-state index in [2.05, 4.69) is 4.90 Å². The number of halogens is 1. The summed E-state index contributed by atoms with van der Waals surface area (Å²) in [5.41, 5.74) is 0.745. The zero-order valence-corrected chi connectivity index (χ0v) is 13.3. The summed E-state index contributed by atoms with van der Waals surface area (Å²) in [5.74, 6) is 2.05. The van der Waals surface area contributed by atoms with Gasteiger partial charge in [0.25, 0.3) is 0 Å². The van der Waals surface area contributed by atoms with E-state index < -0.39 is 0 Å². The lowest BCUT2D eigenvalue weighted by atomic mass is 9.75. The lowest BCUT2D eigenvalue weighted by molar-refractivity contribution is 0.0787. The first kappa shape index (κ1) is 15.1. The second kappa shape index (κ2) is 6.93. The lowest BCUT2D eigenvalue weighted by Crippen LogP contribution is -2.42. The van der Waals surface area contributed by atoms with Crippen molar-refractivity contribution in [1.82, 2.24) is 4.90 Å². The first-order valence-electron chi connectivity index (χ1n) is 8.23. The summed E-state index contributed by atoms with van der Waals surface area (Å²) in [6, 6.07) is 7.30. The fraction of sp³-hybridized carbons (Fsp3) is 0.611. The third-order valence-electron chi connectivity index (χ3n) is 5.18. The number of hydrogen-bond acceptors (Lipinski definition) is 2. The summed E-state index contributed by atoms with van der Waals surface area (Å²) in [6.07, 6.45) is 7.59. The largest absolute Gasteiger partial charge is 0.303 e. The van der Waals surface area contributed by atoms with Gasteiger partial charge in [-0.1, -0.05) is 43.0 Å². The maximum atomic E-state index is 12.2. The molecule has 1 aromatic rings. The molecule has 3 rings (SSSR count). The maximum absolute atomic E-state index is 12.2. The lowest BCUT2D eigenvalue weighted by Gasteiger charge is -2.41. The van der Waals surface area contributed by atoms with Crippen LogP contribution in [-0.4, -0.2) is 30.3 Å². The number of ketones is 1. The van der Waals surface area contributed by atoms with E-state index in [-0.39, 0.29) is 5.78 Å². The topological polar surface area (TPSA) is 20.3 Å². The molecule has 2 fully saturated rings. The number of nitrogens with zero attached hydrogens (tertiary/aromatic N) is 1. The molecule has 1 heterocycles. The van der Waals surface area contributed by atoms with Crippen molar-refractivity contribution in [2.24, 2.45) is 11.8 Å². The molecule has 1 aromatic carbocycles. The van der Waals surface area contributed by atoms with Crippen LogP contribution in [0.2, 0.25) is 5.02 Å². The van der Waals surface area contributed by atoms with Crippen molar-refractivity contribution >= 4 is 17.4 Å². The van der Waals surface area contributed by atoms with Crippen molar-refractivity contribution in [3.05, 3.63) is 34.9 Å². The fourth-order valence-electron chi connectivity index (χ4n) is 3.95. The number of piperidine rings is 1. The van der Waals surface area contributed by atoms with Gasteiger partial charge in [-0.15, -0.1) is 0 Å². The molecular weight excluding hydrogens is 282 g/mol. The molecule has 2 aliphatic rings. The summed E-state index contributed by atoms with van der Waals surface area (Å²) in [6.45, 7) is 3.27. The van der Waals surface area contributed by atoms with Crippen LogP contribution in [-0.2, 0) is 0 Å². The molecule has 0 spiro atoms. The third kappa shape index (κ3) is 3.87. The van der Waals surface area contributed by atoms with Crippen LogP contribution >= 0.6 is 11.6 Å². The van der Waals surface area contributed by atoms with E-state index in [0.29, 0.717) is 11.4 Å². The number of hydrogen-bond donors (Lipinski definition) is 0. The Morgan fingerprint density at radius 3 is 2.81 bits per heavy atom. The standard InChI is InChI=1S/C18H24ClNO/c19-17-7-3-6-15(12-17)18(21)9-11-20-10-8-14-4-1-2-5-16(14)13-20/h3,6-7,12,14,16H,1-2,4-5,8-11,13H2. The molecule has 2 atom stereocenters. The molecule has 3 heteroatoms. The van der Waals surface area contributed by atoms with Gasteiger partial charge in [0.15, 0.2) is 5.78 Å². The van der Waals surface area contributed by atoms with Gasteiger partial charge in [-0.2, -0.15) is 0 Å². The Morgan fingerprint density at radius 2 is 2.00 bits per heavy atom. The highest BCUT2D eigenvalue weighted by atomic mass is 35.5. The van der Waals surface area contributed by atoms with E-state index in [0.717, 1.165) is 23.9 Å². The Morgan fingerprint density at radius 1 is 1.19 bits per heavy atom. The highest BCUT2D eigenvalue weighted by Crippen LogP contribution is 2.36. The smallest absolute Gasteiger partial charge is 0.164 e. The zero-order chi connectivity index (χ0) is 14.7. The van der Waals surface area contributed by atoms with E-state index in [1.54, 1.807) is 6.07 Å². The molecular formula is C18H24ClNO. The fourth-order valence-corrected chi connectivity index (χ4v) is 4.14. The van der Waals surface area contributed by atoms with Gasteiger partial charge in [-0.25, -0.2) is 0 Å². The van der Waals surface area contributed by atoms with Crippen LogP contribution in [0.5, 0.6) is 0 Å². The summed E-state index contributed by atoms with van der Waals surface area (Å²) in [7, 11) is 0. The predicted molar refractivity (Wildman–Crippen MR) is 86.9 cm³/mol. The first-order valence-corrected chi connectivity index (χ1v) is 8.61. The summed E-state index contributed by atoms with van der Waals surface area (Å²) in [5, 5.41) is 0.642. The van der Waals surface area contributed by atoms with E-state index in [1.165, 1.54) is 45.2 Å². The molecule has 114 valence electrons. The van der Waals surface area contributed by atoms with Crippen molar-refractivity contribution < 1.29 is 4.79 Å². The number of Topliss-reactive ketones (excluding diaryl/α,β-unsaturated/α-hetero) is 1. The molecule has 0 bridgehead atoms. The molecule has 0 radical (unpaired) electrons. The van der Waals surface area contributed by atoms with Crippen LogP contribution < -0.4 is 0 Å². The number of likely N-dealkylation sites (tertiary alicyclic amines) is 1. The Hall–Kier alpha value is -0.860. The highest BCUT2D eigenvalue weighted by molar-refractivity contribution is 6.31. The van der Waals surface area contributed by atoms with Gasteiger partial charge in [0.05, 0.1) is 0 Å². The van der Waals surface area contributed by atoms with Crippen LogP contribution in [0, 0.1) is 11.8 Å². The average Bonchev–Trinajstić information content (AvgIpc) is 2.52. The minimum atomic E-state index is 0.211. The van der Waals surface area contributed by atoms with Gasteiger partial charge >= 0.3 is 0 Å². The monoisotopic (exact) mass is 305 g/mol. The molecule has 0 N–H and O–H groups in total. The average molecular weight is 306 g/mol. The van der Waals surface area contributed by atoms with Crippen LogP contribution in [0.4, 0.5) is 0 Å². The number of carbonyl (C=O) groups is 1. The van der Waals surface area contributed by atoms with E-state index in [1.807, 2.05) is 18.2 Å². The maximum Gasteiger partial charge on any atom is 0.164 e. The zero-order valence-electron chi connectivity index (χ0n) is 12.6. The minimum absolute atomic E-state index is 0.211. The summed E-state index contributed by atoms with van der Waals surface area (Å²) >= 11 is 5.95. The van der Waals surface area contributed by atoms with Crippen molar-refractivity contribution in [3.63, 3.8) is 0 Å². The number of carbonyl (C=O) groups excluding carboxylic acids is 1. The second-order valence-corrected chi connectivity index (χ2v) is 7.01. The first-order chi connectivity index (χ1) is 10.2. The Bertz CT molecular complexity index is 502. The van der Waals surface area contributed by atoms with E-state index in [9.17, 15) is 4.79 Å². The minimum Gasteiger partial charge on any atom is -0.303 e. The van der Waals surface area contributed by atoms with Gasteiger partial charge in [0, 0.05) is 30.1 Å². The molecule has 0 amide bonds. The number of benzene rings is 1. The SMILES string of the molecule is O=C(CCN1CCC2CCCCC2C1)c1cccc(Cl)c1. The summed E-state index contributed by atoms with van der Waals surface area (Å²) in [4.78, 5) is 14.7. The van der Waals surface area contributed by atoms with Crippen molar-refractivity contribution in [1.29, 1.82) is 0 Å². The highest BCUT2D eigenvalue weighted by Gasteiger charge is 2.30. The van der Waals surface area contributed by atoms with Gasteiger partial charge in [-0.3, -0.25) is 4.79 Å². The Balaban J connectivity index is 1.50. The van der Waals surface area contributed by atoms with Crippen LogP contribution in [0.3, 0.4) is 0 Å². The van der Waals surface area contributed by atoms with Crippen molar-refractivity contribution in [3.8, 4) is 0 Å². The van der Waals surface area contributed by atoms with Crippen LogP contribution in [0.1, 0.15) is 48.9 Å². The molecule has 0 aromatic heterocycles. The van der Waals surface area contributed by atoms with E-state index >= 15 is 0 Å². The predicted octanol–water partition coefficient (Wildman–Crippen LogP) is 4.42. The number of fused-ring (bicyclic) bond motifs is 1. The van der Waals surface area contributed by atoms with Gasteiger partial charge in [0.2, 0.25) is 0 Å². The third-order valence-corrected chi connectivity index (χ3v) is 5.41. The number of rotatable bonds is 4. The molecule has 1 saturated carbocycles. The molecule has 1 aliphatic carbocycles. The molecule has 1 saturated heterocycles. The van der Waals surface area contributed by atoms with Gasteiger partial charge in [0.1, 0.15) is 0 Å². The van der Waals surface area contributed by atoms with Gasteiger partial charge in [-0.05, 0) is 43.4 Å². The van der Waals surface area contributed by atoms with Gasteiger partial charge < -0.3 is 4.90 Å². The van der Waals surface area contributed by atoms with E-state index in [4.69, 9.17) is 11.6 Å². The quantitative estimate of drug-likeness (QED) is 0.767. The Kier molecular flexibility index (Phi) is 4.97. The molecule has 2 nitrogen and oxygen atoms in total. The van der Waals surface area contributed by atoms with Crippen LogP contribution in [0.25, 0.3) is 0 Å². The molecule has 21 heavy (non-hydrogen) atoms. The molecule has 1 aliphatic heterocycles. The normalized spacial score (nSPS) is 26.3. The van der Waals surface area contributed by atoms with Crippen molar-refractivity contribution in [2.45, 2.75) is 38.5 Å². The Labute approximate surface area is 132 Å². The van der Waals surface area contributed by atoms with Crippen LogP contribution in [0.15, 0.2) is 24.3 Å². The van der Waals surface area contributed by atoms with Crippen molar-refractivity contribution in [2.75, 3.05) is 19.6 Å².